The van der Waals surface area contributed by atoms with Gasteiger partial charge in [-0.3, -0.25) is 4.79 Å². The maximum atomic E-state index is 11.6. The van der Waals surface area contributed by atoms with E-state index in [1.807, 2.05) is 0 Å². The molecule has 1 aromatic rings. The first kappa shape index (κ1) is 13.8. The molecule has 0 bridgehead atoms. The van der Waals surface area contributed by atoms with Crippen LogP contribution in [0.3, 0.4) is 0 Å². The second kappa shape index (κ2) is 5.90. The number of rotatable bonds is 5. The zero-order chi connectivity index (χ0) is 13.7. The highest BCUT2D eigenvalue weighted by atomic mass is 16.5. The van der Waals surface area contributed by atoms with E-state index in [4.69, 9.17) is 10.8 Å². The van der Waals surface area contributed by atoms with Gasteiger partial charge in [-0.05, 0) is 19.1 Å². The van der Waals surface area contributed by atoms with Gasteiger partial charge in [-0.25, -0.2) is 4.79 Å². The van der Waals surface area contributed by atoms with E-state index in [9.17, 15) is 9.59 Å². The van der Waals surface area contributed by atoms with E-state index >= 15 is 0 Å². The second-order valence-corrected chi connectivity index (χ2v) is 3.90. The van der Waals surface area contributed by atoms with Crippen LogP contribution >= 0.6 is 0 Å². The third kappa shape index (κ3) is 3.38. The maximum Gasteiger partial charge on any atom is 0.340 e. The van der Waals surface area contributed by atoms with Gasteiger partial charge in [0.2, 0.25) is 0 Å². The van der Waals surface area contributed by atoms with Crippen LogP contribution in [0.2, 0.25) is 0 Å². The lowest BCUT2D eigenvalue weighted by Crippen LogP contribution is -2.22. The maximum absolute atomic E-state index is 11.6. The molecule has 0 saturated carbocycles. The Morgan fingerprint density at radius 1 is 1.50 bits per heavy atom. The summed E-state index contributed by atoms with van der Waals surface area (Å²) < 4.78 is 4.64. The van der Waals surface area contributed by atoms with Crippen molar-refractivity contribution in [3.05, 3.63) is 23.8 Å². The molecular formula is C12H16N2O4. The van der Waals surface area contributed by atoms with Crippen molar-refractivity contribution in [1.82, 2.24) is 0 Å². The average molecular weight is 252 g/mol. The molecule has 4 N–H and O–H groups in total. The Bertz CT molecular complexity index is 459. The van der Waals surface area contributed by atoms with Crippen molar-refractivity contribution in [2.45, 2.75) is 19.4 Å². The van der Waals surface area contributed by atoms with Crippen molar-refractivity contribution in [2.24, 2.45) is 0 Å². The predicted octanol–water partition coefficient (Wildman–Crippen LogP) is 1.33. The molecule has 1 aromatic carbocycles. The molecule has 98 valence electrons. The van der Waals surface area contributed by atoms with Crippen molar-refractivity contribution in [2.75, 3.05) is 18.2 Å². The molecule has 1 unspecified atom stereocenters. The first-order valence-electron chi connectivity index (χ1n) is 5.40. The zero-order valence-corrected chi connectivity index (χ0v) is 10.3. The number of anilines is 2. The standard InChI is InChI=1S/C12H16N2O4/c1-7(6-10(15)16)14-11-8(12(17)18-2)4-3-5-9(11)13/h3-5,7,14H,6,13H2,1-2H3,(H,15,16). The topological polar surface area (TPSA) is 102 Å². The van der Waals surface area contributed by atoms with Gasteiger partial charge in [0.15, 0.2) is 0 Å². The SMILES string of the molecule is COC(=O)c1cccc(N)c1NC(C)CC(=O)O. The number of methoxy groups -OCH3 is 1. The van der Waals surface area contributed by atoms with E-state index < -0.39 is 11.9 Å². The molecule has 6 nitrogen and oxygen atoms in total. The number of hydrogen-bond donors (Lipinski definition) is 3. The Balaban J connectivity index is 2.99. The molecule has 0 aliphatic rings. The van der Waals surface area contributed by atoms with Crippen molar-refractivity contribution in [3.8, 4) is 0 Å². The molecular weight excluding hydrogens is 236 g/mol. The highest BCUT2D eigenvalue weighted by Crippen LogP contribution is 2.25. The van der Waals surface area contributed by atoms with Gasteiger partial charge in [-0.2, -0.15) is 0 Å². The van der Waals surface area contributed by atoms with Gasteiger partial charge in [0.25, 0.3) is 0 Å². The Kier molecular flexibility index (Phi) is 4.53. The zero-order valence-electron chi connectivity index (χ0n) is 10.3. The summed E-state index contributed by atoms with van der Waals surface area (Å²) in [6.07, 6.45) is -0.0745. The molecule has 1 rings (SSSR count). The second-order valence-electron chi connectivity index (χ2n) is 3.90. The largest absolute Gasteiger partial charge is 0.481 e. The van der Waals surface area contributed by atoms with Gasteiger partial charge in [-0.15, -0.1) is 0 Å². The first-order chi connectivity index (χ1) is 8.45. The predicted molar refractivity (Wildman–Crippen MR) is 67.5 cm³/mol. The van der Waals surface area contributed by atoms with Crippen molar-refractivity contribution < 1.29 is 19.4 Å². The van der Waals surface area contributed by atoms with Crippen LogP contribution in [0.5, 0.6) is 0 Å². The first-order valence-corrected chi connectivity index (χ1v) is 5.40. The number of carboxylic acids is 1. The van der Waals surface area contributed by atoms with Crippen molar-refractivity contribution in [1.29, 1.82) is 0 Å². The minimum absolute atomic E-state index is 0.0745. The summed E-state index contributed by atoms with van der Waals surface area (Å²) in [5, 5.41) is 11.6. The van der Waals surface area contributed by atoms with Crippen LogP contribution in [0.1, 0.15) is 23.7 Å². The molecule has 6 heteroatoms. The van der Waals surface area contributed by atoms with Crippen LogP contribution in [0, 0.1) is 0 Å². The van der Waals surface area contributed by atoms with Crippen LogP contribution in [-0.2, 0) is 9.53 Å². The third-order valence-corrected chi connectivity index (χ3v) is 2.37. The number of nitrogens with two attached hydrogens (primary N) is 1. The number of para-hydroxylation sites is 1. The Morgan fingerprint density at radius 2 is 2.17 bits per heavy atom. The van der Waals surface area contributed by atoms with E-state index in [1.165, 1.54) is 7.11 Å². The fourth-order valence-corrected chi connectivity index (χ4v) is 1.57. The summed E-state index contributed by atoms with van der Waals surface area (Å²) in [5.41, 5.74) is 6.83. The number of nitrogen functional groups attached to an aromatic ring is 1. The monoisotopic (exact) mass is 252 g/mol. The molecule has 0 aromatic heterocycles. The molecule has 0 aliphatic carbocycles. The molecule has 0 radical (unpaired) electrons. The molecule has 1 atom stereocenters. The minimum Gasteiger partial charge on any atom is -0.481 e. The van der Waals surface area contributed by atoms with Crippen LogP contribution < -0.4 is 11.1 Å². The summed E-state index contributed by atoms with van der Waals surface area (Å²) in [4.78, 5) is 22.2. The quantitative estimate of drug-likeness (QED) is 0.539. The highest BCUT2D eigenvalue weighted by Gasteiger charge is 2.16. The summed E-state index contributed by atoms with van der Waals surface area (Å²) >= 11 is 0. The minimum atomic E-state index is -0.927. The molecule has 0 amide bonds. The average Bonchev–Trinajstić information content (AvgIpc) is 2.29. The van der Waals surface area contributed by atoms with E-state index in [1.54, 1.807) is 25.1 Å². The number of benzene rings is 1. The number of hydrogen-bond acceptors (Lipinski definition) is 5. The van der Waals surface area contributed by atoms with Gasteiger partial charge >= 0.3 is 11.9 Å². The third-order valence-electron chi connectivity index (χ3n) is 2.37. The summed E-state index contributed by atoms with van der Waals surface area (Å²) in [7, 11) is 1.27. The fraction of sp³-hybridized carbons (Fsp3) is 0.333. The number of carbonyl (C=O) groups is 2. The smallest absolute Gasteiger partial charge is 0.340 e. The molecule has 0 fully saturated rings. The van der Waals surface area contributed by atoms with Crippen LogP contribution in [0.4, 0.5) is 11.4 Å². The van der Waals surface area contributed by atoms with Gasteiger partial charge < -0.3 is 20.9 Å². The van der Waals surface area contributed by atoms with Gasteiger partial charge in [0.1, 0.15) is 0 Å². The Hall–Kier alpha value is -2.24. The van der Waals surface area contributed by atoms with E-state index in [0.29, 0.717) is 11.4 Å². The summed E-state index contributed by atoms with van der Waals surface area (Å²) in [5.74, 6) is -1.45. The van der Waals surface area contributed by atoms with Gasteiger partial charge in [0, 0.05) is 6.04 Å². The van der Waals surface area contributed by atoms with Crippen LogP contribution in [0.15, 0.2) is 18.2 Å². The molecule has 0 heterocycles. The lowest BCUT2D eigenvalue weighted by Gasteiger charge is -2.17. The molecule has 0 aliphatic heterocycles. The van der Waals surface area contributed by atoms with E-state index in [0.717, 1.165) is 0 Å². The fourth-order valence-electron chi connectivity index (χ4n) is 1.57. The number of aliphatic carboxylic acids is 1. The van der Waals surface area contributed by atoms with E-state index in [-0.39, 0.29) is 18.0 Å². The Labute approximate surface area is 105 Å². The number of carbonyl (C=O) groups excluding carboxylic acids is 1. The lowest BCUT2D eigenvalue weighted by atomic mass is 10.1. The number of esters is 1. The molecule has 18 heavy (non-hydrogen) atoms. The van der Waals surface area contributed by atoms with Gasteiger partial charge in [-0.1, -0.05) is 6.07 Å². The van der Waals surface area contributed by atoms with Gasteiger partial charge in [0.05, 0.1) is 30.5 Å². The van der Waals surface area contributed by atoms with E-state index in [2.05, 4.69) is 10.1 Å². The Morgan fingerprint density at radius 3 is 2.72 bits per heavy atom. The number of nitrogens with one attached hydrogen (secondary N) is 1. The lowest BCUT2D eigenvalue weighted by molar-refractivity contribution is -0.137. The van der Waals surface area contributed by atoms with Crippen LogP contribution in [-0.4, -0.2) is 30.2 Å². The number of ether oxygens (including phenoxy) is 1. The highest BCUT2D eigenvalue weighted by molar-refractivity contribution is 5.98. The van der Waals surface area contributed by atoms with Crippen molar-refractivity contribution >= 4 is 23.3 Å². The van der Waals surface area contributed by atoms with Crippen molar-refractivity contribution in [3.63, 3.8) is 0 Å². The van der Waals surface area contributed by atoms with Crippen LogP contribution in [0.25, 0.3) is 0 Å². The molecule has 0 saturated heterocycles. The normalized spacial score (nSPS) is 11.7. The number of carboxylic acid groups (broad SMARTS) is 1. The molecule has 0 spiro atoms. The summed E-state index contributed by atoms with van der Waals surface area (Å²) in [6, 6.07) is 4.48. The summed E-state index contributed by atoms with van der Waals surface area (Å²) in [6.45, 7) is 1.70.